The van der Waals surface area contributed by atoms with Gasteiger partial charge in [-0.3, -0.25) is 4.98 Å². The lowest BCUT2D eigenvalue weighted by atomic mass is 9.99. The second kappa shape index (κ2) is 7.96. The highest BCUT2D eigenvalue weighted by Crippen LogP contribution is 2.30. The van der Waals surface area contributed by atoms with E-state index in [0.717, 1.165) is 47.2 Å². The van der Waals surface area contributed by atoms with Gasteiger partial charge in [-0.2, -0.15) is 4.98 Å². The summed E-state index contributed by atoms with van der Waals surface area (Å²) in [5.41, 5.74) is 9.84. The molecule has 160 valence electrons. The highest BCUT2D eigenvalue weighted by molar-refractivity contribution is 5.73. The fraction of sp³-hybridized carbons (Fsp3) is 0.192. The summed E-state index contributed by atoms with van der Waals surface area (Å²) in [6, 6.07) is 16.8. The largest absolute Gasteiger partial charge is 0.381 e. The predicted octanol–water partition coefficient (Wildman–Crippen LogP) is 5.46. The molecule has 32 heavy (non-hydrogen) atoms. The van der Waals surface area contributed by atoms with Gasteiger partial charge in [0.15, 0.2) is 5.82 Å². The van der Waals surface area contributed by atoms with Crippen LogP contribution < -0.4 is 10.6 Å². The second-order valence-corrected chi connectivity index (χ2v) is 8.12. The average molecular weight is 423 g/mol. The lowest BCUT2D eigenvalue weighted by molar-refractivity contribution is 0.669. The molecule has 0 fully saturated rings. The van der Waals surface area contributed by atoms with Crippen LogP contribution in [0.5, 0.6) is 0 Å². The van der Waals surface area contributed by atoms with Gasteiger partial charge in [-0.25, -0.2) is 4.68 Å². The van der Waals surface area contributed by atoms with Crippen LogP contribution in [0.2, 0.25) is 0 Å². The van der Waals surface area contributed by atoms with E-state index in [0.29, 0.717) is 5.82 Å². The zero-order chi connectivity index (χ0) is 22.2. The van der Waals surface area contributed by atoms with E-state index in [2.05, 4.69) is 78.5 Å². The summed E-state index contributed by atoms with van der Waals surface area (Å²) in [4.78, 5) is 9.23. The van der Waals surface area contributed by atoms with Gasteiger partial charge in [0.1, 0.15) is 0 Å². The van der Waals surface area contributed by atoms with Gasteiger partial charge in [0.05, 0.1) is 0 Å². The van der Waals surface area contributed by atoms with Crippen LogP contribution in [0, 0.1) is 13.8 Å². The Morgan fingerprint density at radius 2 is 1.84 bits per heavy atom. The van der Waals surface area contributed by atoms with Crippen molar-refractivity contribution >= 4 is 17.3 Å². The van der Waals surface area contributed by atoms with E-state index in [4.69, 9.17) is 10.1 Å². The van der Waals surface area contributed by atoms with Crippen molar-refractivity contribution in [1.82, 2.24) is 25.1 Å². The molecule has 5 rings (SSSR count). The Hall–Kier alpha value is -3.93. The zero-order valence-electron chi connectivity index (χ0n) is 18.6. The molecular formula is C26H26N6. The maximum Gasteiger partial charge on any atom is 0.226 e. The maximum absolute atomic E-state index is 4.81. The topological polar surface area (TPSA) is 67.7 Å². The Morgan fingerprint density at radius 1 is 1.03 bits per heavy atom. The van der Waals surface area contributed by atoms with Crippen molar-refractivity contribution in [2.75, 3.05) is 5.32 Å². The van der Waals surface area contributed by atoms with E-state index < -0.39 is 0 Å². The first kappa shape index (κ1) is 20.0. The molecule has 2 aromatic carbocycles. The maximum atomic E-state index is 4.81. The number of pyridine rings is 1. The van der Waals surface area contributed by atoms with E-state index in [-0.39, 0.29) is 0 Å². The van der Waals surface area contributed by atoms with E-state index in [1.54, 1.807) is 0 Å². The molecule has 0 radical (unpaired) electrons. The molecule has 6 nitrogen and oxygen atoms in total. The van der Waals surface area contributed by atoms with E-state index in [9.17, 15) is 0 Å². The van der Waals surface area contributed by atoms with Gasteiger partial charge >= 0.3 is 0 Å². The van der Waals surface area contributed by atoms with Gasteiger partial charge in [-0.1, -0.05) is 30.8 Å². The third-order valence-corrected chi connectivity index (χ3v) is 5.86. The second-order valence-electron chi connectivity index (χ2n) is 8.12. The third-order valence-electron chi connectivity index (χ3n) is 5.86. The molecule has 0 unspecified atom stereocenters. The molecule has 0 bridgehead atoms. The molecule has 0 aliphatic carbocycles. The number of rotatable bonds is 5. The van der Waals surface area contributed by atoms with Crippen molar-refractivity contribution in [3.8, 4) is 22.5 Å². The number of nitrogens with zero attached hydrogens (tertiary/aromatic N) is 4. The standard InChI is InChI=1S/C26H26N6/c1-5-32-26(29-22-9-11-24-18(4)28-15-21(24)13-22)30-25(31-32)19-8-10-23(16(2)12-19)20-7-6-17(3)27-14-20/h6-14,28H,4-5,15H2,1-3H3,(H,29,30,31). The van der Waals surface area contributed by atoms with Crippen LogP contribution in [-0.4, -0.2) is 19.7 Å². The lowest BCUT2D eigenvalue weighted by Gasteiger charge is -2.08. The minimum atomic E-state index is 0.710. The zero-order valence-corrected chi connectivity index (χ0v) is 18.6. The van der Waals surface area contributed by atoms with E-state index in [1.807, 2.05) is 23.9 Å². The van der Waals surface area contributed by atoms with E-state index >= 15 is 0 Å². The first-order valence-corrected chi connectivity index (χ1v) is 10.8. The van der Waals surface area contributed by atoms with E-state index in [1.165, 1.54) is 22.3 Å². The van der Waals surface area contributed by atoms with Crippen LogP contribution >= 0.6 is 0 Å². The Kier molecular flexibility index (Phi) is 4.98. The fourth-order valence-corrected chi connectivity index (χ4v) is 4.07. The first-order valence-electron chi connectivity index (χ1n) is 10.8. The summed E-state index contributed by atoms with van der Waals surface area (Å²) in [7, 11) is 0. The van der Waals surface area contributed by atoms with Gasteiger partial charge in [-0.05, 0) is 61.7 Å². The Morgan fingerprint density at radius 3 is 2.59 bits per heavy atom. The minimum absolute atomic E-state index is 0.710. The summed E-state index contributed by atoms with van der Waals surface area (Å²) in [6.45, 7) is 11.8. The Bertz CT molecular complexity index is 1320. The first-order chi connectivity index (χ1) is 15.5. The van der Waals surface area contributed by atoms with Crippen LogP contribution in [-0.2, 0) is 13.1 Å². The van der Waals surface area contributed by atoms with Crippen molar-refractivity contribution in [1.29, 1.82) is 0 Å². The Labute approximate surface area is 188 Å². The number of aryl methyl sites for hydroxylation is 3. The SMILES string of the molecule is C=C1NCc2cc(Nc3nc(-c4ccc(-c5ccc(C)nc5)c(C)c4)nn3CC)ccc21. The molecule has 2 N–H and O–H groups in total. The molecule has 6 heteroatoms. The van der Waals surface area contributed by atoms with Crippen molar-refractivity contribution < 1.29 is 0 Å². The molecule has 0 amide bonds. The number of aromatic nitrogens is 4. The van der Waals surface area contributed by atoms with Crippen molar-refractivity contribution in [3.05, 3.63) is 83.7 Å². The van der Waals surface area contributed by atoms with Gasteiger partial charge in [0, 0.05) is 53.1 Å². The lowest BCUT2D eigenvalue weighted by Crippen LogP contribution is -2.04. The van der Waals surface area contributed by atoms with Crippen LogP contribution in [0.4, 0.5) is 11.6 Å². The molecule has 0 saturated heterocycles. The smallest absolute Gasteiger partial charge is 0.226 e. The number of anilines is 2. The minimum Gasteiger partial charge on any atom is -0.381 e. The Balaban J connectivity index is 1.43. The molecule has 0 saturated carbocycles. The van der Waals surface area contributed by atoms with Gasteiger partial charge in [0.2, 0.25) is 5.95 Å². The molecule has 0 atom stereocenters. The third kappa shape index (κ3) is 3.64. The fourth-order valence-electron chi connectivity index (χ4n) is 4.07. The summed E-state index contributed by atoms with van der Waals surface area (Å²) in [5.74, 6) is 1.44. The van der Waals surface area contributed by atoms with Gasteiger partial charge in [0.25, 0.3) is 0 Å². The molecule has 1 aliphatic heterocycles. The average Bonchev–Trinajstić information content (AvgIpc) is 3.37. The molecular weight excluding hydrogens is 396 g/mol. The van der Waals surface area contributed by atoms with Crippen molar-refractivity contribution in [2.24, 2.45) is 0 Å². The number of benzene rings is 2. The van der Waals surface area contributed by atoms with Crippen LogP contribution in [0.25, 0.3) is 28.2 Å². The highest BCUT2D eigenvalue weighted by Gasteiger charge is 2.16. The molecule has 2 aromatic heterocycles. The quantitative estimate of drug-likeness (QED) is 0.447. The molecule has 4 aromatic rings. The molecule has 0 spiro atoms. The van der Waals surface area contributed by atoms with Crippen LogP contribution in [0.1, 0.15) is 29.3 Å². The number of nitrogens with one attached hydrogen (secondary N) is 2. The highest BCUT2D eigenvalue weighted by atomic mass is 15.4. The number of fused-ring (bicyclic) bond motifs is 1. The van der Waals surface area contributed by atoms with Crippen molar-refractivity contribution in [3.63, 3.8) is 0 Å². The number of hydrogen-bond acceptors (Lipinski definition) is 5. The molecule has 1 aliphatic rings. The summed E-state index contributed by atoms with van der Waals surface area (Å²) < 4.78 is 1.90. The van der Waals surface area contributed by atoms with Crippen LogP contribution in [0.15, 0.2) is 61.3 Å². The normalized spacial score (nSPS) is 12.5. The summed E-state index contributed by atoms with van der Waals surface area (Å²) in [5, 5.41) is 11.5. The van der Waals surface area contributed by atoms with Crippen LogP contribution in [0.3, 0.4) is 0 Å². The van der Waals surface area contributed by atoms with Gasteiger partial charge < -0.3 is 10.6 Å². The number of hydrogen-bond donors (Lipinski definition) is 2. The monoisotopic (exact) mass is 422 g/mol. The summed E-state index contributed by atoms with van der Waals surface area (Å²) >= 11 is 0. The predicted molar refractivity (Wildman–Crippen MR) is 129 cm³/mol. The summed E-state index contributed by atoms with van der Waals surface area (Å²) in [6.07, 6.45) is 1.92. The van der Waals surface area contributed by atoms with Gasteiger partial charge in [-0.15, -0.1) is 5.10 Å². The molecule has 3 heterocycles. The van der Waals surface area contributed by atoms with Crippen molar-refractivity contribution in [2.45, 2.75) is 33.9 Å².